The zero-order valence-corrected chi connectivity index (χ0v) is 26.1. The summed E-state index contributed by atoms with van der Waals surface area (Å²) in [5.41, 5.74) is -3.73. The Labute approximate surface area is 274 Å². The van der Waals surface area contributed by atoms with Crippen molar-refractivity contribution in [2.45, 2.75) is 50.7 Å². The molecule has 3 amide bonds. The lowest BCUT2D eigenvalue weighted by Gasteiger charge is -2.60. The average molecular weight is 694 g/mol. The SMILES string of the molecule is COc1ccc(C2CC3(C2)CN(C(=O)C(C)(C)O)C3)cc1C(=O)Nc1cc2c(cc1C(=O)Nc1ccc(F)c(C(F)(F)F)c1)OC(F)(F)O2. The molecule has 260 valence electrons. The van der Waals surface area contributed by atoms with Crippen molar-refractivity contribution in [2.24, 2.45) is 5.41 Å². The molecule has 0 radical (unpaired) electrons. The Balaban J connectivity index is 1.24. The van der Waals surface area contributed by atoms with Gasteiger partial charge in [-0.25, -0.2) is 4.39 Å². The number of amides is 3. The van der Waals surface area contributed by atoms with E-state index in [1.807, 2.05) is 0 Å². The van der Waals surface area contributed by atoms with Gasteiger partial charge in [-0.05, 0) is 74.6 Å². The molecule has 0 aromatic heterocycles. The summed E-state index contributed by atoms with van der Waals surface area (Å²) in [4.78, 5) is 40.9. The highest BCUT2D eigenvalue weighted by molar-refractivity contribution is 6.13. The van der Waals surface area contributed by atoms with E-state index in [1.165, 1.54) is 21.0 Å². The van der Waals surface area contributed by atoms with E-state index in [-0.39, 0.29) is 34.2 Å². The third-order valence-electron chi connectivity index (χ3n) is 8.73. The molecule has 1 aliphatic carbocycles. The van der Waals surface area contributed by atoms with Crippen LogP contribution in [0.15, 0.2) is 48.5 Å². The van der Waals surface area contributed by atoms with Crippen LogP contribution in [-0.4, -0.2) is 59.8 Å². The van der Waals surface area contributed by atoms with Crippen LogP contribution in [0.3, 0.4) is 0 Å². The van der Waals surface area contributed by atoms with Crippen molar-refractivity contribution in [2.75, 3.05) is 30.8 Å². The van der Waals surface area contributed by atoms with Crippen LogP contribution in [0.1, 0.15) is 64.4 Å². The van der Waals surface area contributed by atoms with Crippen molar-refractivity contribution in [3.8, 4) is 17.2 Å². The van der Waals surface area contributed by atoms with E-state index < -0.39 is 64.0 Å². The van der Waals surface area contributed by atoms with Gasteiger partial charge in [0.25, 0.3) is 17.7 Å². The van der Waals surface area contributed by atoms with Crippen molar-refractivity contribution >= 4 is 29.1 Å². The number of hydrogen-bond acceptors (Lipinski definition) is 7. The number of benzene rings is 3. The number of nitrogens with one attached hydrogen (secondary N) is 2. The molecule has 6 rings (SSSR count). The predicted octanol–water partition coefficient (Wildman–Crippen LogP) is 6.16. The van der Waals surface area contributed by atoms with E-state index in [1.54, 1.807) is 23.1 Å². The molecule has 1 saturated carbocycles. The quantitative estimate of drug-likeness (QED) is 0.253. The Morgan fingerprint density at radius 1 is 0.918 bits per heavy atom. The Morgan fingerprint density at radius 2 is 1.55 bits per heavy atom. The molecule has 16 heteroatoms. The van der Waals surface area contributed by atoms with E-state index >= 15 is 0 Å². The van der Waals surface area contributed by atoms with Gasteiger partial charge in [0.1, 0.15) is 17.2 Å². The van der Waals surface area contributed by atoms with Crippen molar-refractivity contribution in [3.05, 3.63) is 76.6 Å². The molecule has 3 N–H and O–H groups in total. The summed E-state index contributed by atoms with van der Waals surface area (Å²) in [5.74, 6) is -4.83. The number of ether oxygens (including phenoxy) is 3. The molecular formula is C33H29F6N3O7. The molecule has 0 bridgehead atoms. The van der Waals surface area contributed by atoms with Crippen molar-refractivity contribution in [3.63, 3.8) is 0 Å². The summed E-state index contributed by atoms with van der Waals surface area (Å²) < 4.78 is 95.6. The molecule has 1 saturated heterocycles. The summed E-state index contributed by atoms with van der Waals surface area (Å²) in [6, 6.07) is 8.39. The number of likely N-dealkylation sites (tertiary alicyclic amines) is 1. The summed E-state index contributed by atoms with van der Waals surface area (Å²) in [6.07, 6.45) is -7.74. The van der Waals surface area contributed by atoms with Crippen LogP contribution in [0.4, 0.5) is 37.7 Å². The fraction of sp³-hybridized carbons (Fsp3) is 0.364. The molecule has 0 unspecified atom stereocenters. The number of hydrogen-bond donors (Lipinski definition) is 3. The lowest BCUT2D eigenvalue weighted by atomic mass is 9.56. The fourth-order valence-electron chi connectivity index (χ4n) is 6.43. The lowest BCUT2D eigenvalue weighted by molar-refractivity contribution is -0.286. The number of halogens is 6. The maximum atomic E-state index is 13.9. The maximum Gasteiger partial charge on any atom is 0.586 e. The van der Waals surface area contributed by atoms with Crippen LogP contribution < -0.4 is 24.8 Å². The van der Waals surface area contributed by atoms with Crippen LogP contribution in [0.5, 0.6) is 17.2 Å². The average Bonchev–Trinajstić information content (AvgIpc) is 3.27. The van der Waals surface area contributed by atoms with E-state index in [2.05, 4.69) is 20.1 Å². The minimum Gasteiger partial charge on any atom is -0.496 e. The second-order valence-electron chi connectivity index (χ2n) is 12.9. The van der Waals surface area contributed by atoms with E-state index in [0.29, 0.717) is 25.2 Å². The number of nitrogens with zero attached hydrogens (tertiary/aromatic N) is 1. The number of rotatable bonds is 7. The van der Waals surface area contributed by atoms with E-state index in [4.69, 9.17) is 4.74 Å². The van der Waals surface area contributed by atoms with Crippen molar-refractivity contribution in [1.29, 1.82) is 0 Å². The number of aliphatic hydroxyl groups is 1. The van der Waals surface area contributed by atoms with E-state index in [9.17, 15) is 45.8 Å². The molecule has 0 atom stereocenters. The highest BCUT2D eigenvalue weighted by Crippen LogP contribution is 2.56. The second-order valence-corrected chi connectivity index (χ2v) is 12.9. The van der Waals surface area contributed by atoms with E-state index in [0.717, 1.165) is 36.6 Å². The van der Waals surface area contributed by atoms with Crippen molar-refractivity contribution in [1.82, 2.24) is 4.90 Å². The molecule has 3 aromatic rings. The van der Waals surface area contributed by atoms with Gasteiger partial charge in [-0.2, -0.15) is 13.2 Å². The number of anilines is 2. The summed E-state index contributed by atoms with van der Waals surface area (Å²) >= 11 is 0. The topological polar surface area (TPSA) is 126 Å². The first-order valence-corrected chi connectivity index (χ1v) is 14.9. The van der Waals surface area contributed by atoms with Gasteiger partial charge in [0.15, 0.2) is 11.5 Å². The summed E-state index contributed by atoms with van der Waals surface area (Å²) in [6.45, 7) is 3.86. The first kappa shape index (κ1) is 33.9. The Bertz CT molecular complexity index is 1860. The lowest BCUT2D eigenvalue weighted by Crippen LogP contribution is -2.66. The highest BCUT2D eigenvalue weighted by Gasteiger charge is 2.55. The molecule has 2 heterocycles. The first-order chi connectivity index (χ1) is 22.8. The Morgan fingerprint density at radius 3 is 2.16 bits per heavy atom. The van der Waals surface area contributed by atoms with Gasteiger partial charge < -0.3 is 34.9 Å². The Kier molecular flexibility index (Phi) is 8.00. The molecule has 10 nitrogen and oxygen atoms in total. The monoisotopic (exact) mass is 693 g/mol. The van der Waals surface area contributed by atoms with Gasteiger partial charge >= 0.3 is 12.5 Å². The van der Waals surface area contributed by atoms with Crippen LogP contribution in [0.25, 0.3) is 0 Å². The third-order valence-corrected chi connectivity index (χ3v) is 8.73. The van der Waals surface area contributed by atoms with Gasteiger partial charge in [-0.15, -0.1) is 8.78 Å². The normalized spacial score (nSPS) is 17.6. The fourth-order valence-corrected chi connectivity index (χ4v) is 6.43. The molecular weight excluding hydrogens is 664 g/mol. The van der Waals surface area contributed by atoms with Crippen molar-refractivity contribution < 1.29 is 60.0 Å². The summed E-state index contributed by atoms with van der Waals surface area (Å²) in [7, 11) is 1.33. The third kappa shape index (κ3) is 6.56. The smallest absolute Gasteiger partial charge is 0.496 e. The van der Waals surface area contributed by atoms with Gasteiger partial charge in [0.05, 0.1) is 29.5 Å². The zero-order chi connectivity index (χ0) is 35.7. The van der Waals surface area contributed by atoms with Crippen LogP contribution in [-0.2, 0) is 11.0 Å². The molecule has 2 fully saturated rings. The van der Waals surface area contributed by atoms with Gasteiger partial charge in [0, 0.05) is 30.3 Å². The Hall–Kier alpha value is -4.99. The number of carbonyl (C=O) groups is 3. The van der Waals surface area contributed by atoms with Gasteiger partial charge in [-0.1, -0.05) is 6.07 Å². The van der Waals surface area contributed by atoms with Gasteiger partial charge in [-0.3, -0.25) is 14.4 Å². The predicted molar refractivity (Wildman–Crippen MR) is 160 cm³/mol. The largest absolute Gasteiger partial charge is 0.586 e. The second kappa shape index (κ2) is 11.6. The highest BCUT2D eigenvalue weighted by atomic mass is 19.4. The van der Waals surface area contributed by atoms with Crippen LogP contribution >= 0.6 is 0 Å². The van der Waals surface area contributed by atoms with Gasteiger partial charge in [0.2, 0.25) is 0 Å². The molecule has 3 aromatic carbocycles. The number of alkyl halides is 5. The number of methoxy groups -OCH3 is 1. The number of fused-ring (bicyclic) bond motifs is 1. The molecule has 49 heavy (non-hydrogen) atoms. The minimum absolute atomic E-state index is 0.0242. The van der Waals surface area contributed by atoms with Crippen LogP contribution in [0, 0.1) is 11.2 Å². The first-order valence-electron chi connectivity index (χ1n) is 14.9. The molecule has 2 aliphatic heterocycles. The molecule has 1 spiro atoms. The zero-order valence-electron chi connectivity index (χ0n) is 26.1. The minimum atomic E-state index is -5.07. The van der Waals surface area contributed by atoms with Crippen LogP contribution in [0.2, 0.25) is 0 Å². The summed E-state index contributed by atoms with van der Waals surface area (Å²) in [5, 5.41) is 14.7. The molecule has 3 aliphatic rings. The standard InChI is InChI=1S/C33H29F6N3O7/c1-30(2,46)29(45)42-14-31(15-42)12-17(13-31)16-4-7-24(47-3)20(8-16)28(44)41-23-11-26-25(48-33(38,39)49-26)10-19(23)27(43)40-18-5-6-22(34)21(9-18)32(35,36)37/h4-11,17,46H,12-15H2,1-3H3,(H,40,43)(H,41,44). The maximum absolute atomic E-state index is 13.9. The number of carbonyl (C=O) groups excluding carboxylic acids is 3.